The van der Waals surface area contributed by atoms with E-state index in [0.717, 1.165) is 12.1 Å². The second kappa shape index (κ2) is 7.79. The minimum atomic E-state index is -4.08. The van der Waals surface area contributed by atoms with Crippen molar-refractivity contribution in [3.8, 4) is 0 Å². The maximum absolute atomic E-state index is 14.3. The van der Waals surface area contributed by atoms with Gasteiger partial charge in [-0.05, 0) is 25.6 Å². The Morgan fingerprint density at radius 1 is 1.33 bits per heavy atom. The minimum absolute atomic E-state index is 0.0782. The molecule has 120 valence electrons. The van der Waals surface area contributed by atoms with Gasteiger partial charge in [0.05, 0.1) is 6.61 Å². The second-order valence-corrected chi connectivity index (χ2v) is 6.28. The molecule has 1 atom stereocenters. The normalized spacial score (nSPS) is 13.4. The Labute approximate surface area is 123 Å². The first-order valence-electron chi connectivity index (χ1n) is 6.52. The third-order valence-electron chi connectivity index (χ3n) is 2.76. The zero-order valence-electron chi connectivity index (χ0n) is 12.2. The molecule has 8 heteroatoms. The molecule has 21 heavy (non-hydrogen) atoms. The van der Waals surface area contributed by atoms with Crippen LogP contribution in [0.3, 0.4) is 0 Å². The number of ether oxygens (including phenoxy) is 1. The summed E-state index contributed by atoms with van der Waals surface area (Å²) < 4.78 is 59.2. The highest BCUT2D eigenvalue weighted by Crippen LogP contribution is 2.21. The van der Waals surface area contributed by atoms with E-state index >= 15 is 0 Å². The van der Waals surface area contributed by atoms with Gasteiger partial charge in [-0.25, -0.2) is 21.9 Å². The van der Waals surface area contributed by atoms with E-state index in [0.29, 0.717) is 6.54 Å². The summed E-state index contributed by atoms with van der Waals surface area (Å²) in [5.41, 5.74) is -0.292. The fourth-order valence-corrected chi connectivity index (χ4v) is 3.14. The lowest BCUT2D eigenvalue weighted by molar-refractivity contribution is 0.180. The van der Waals surface area contributed by atoms with Gasteiger partial charge < -0.3 is 10.1 Å². The molecule has 0 amide bonds. The van der Waals surface area contributed by atoms with E-state index in [2.05, 4.69) is 10.0 Å². The van der Waals surface area contributed by atoms with Crippen molar-refractivity contribution in [2.24, 2.45) is 0 Å². The summed E-state index contributed by atoms with van der Waals surface area (Å²) in [5.74, 6) is -1.86. The Balaban J connectivity index is 3.12. The van der Waals surface area contributed by atoms with Crippen LogP contribution in [0.2, 0.25) is 0 Å². The van der Waals surface area contributed by atoms with Crippen molar-refractivity contribution in [3.63, 3.8) is 0 Å². The van der Waals surface area contributed by atoms with Gasteiger partial charge in [0, 0.05) is 25.3 Å². The molecule has 0 aliphatic rings. The molecule has 0 saturated heterocycles. The molecule has 1 unspecified atom stereocenters. The lowest BCUT2D eigenvalue weighted by Gasteiger charge is -2.15. The van der Waals surface area contributed by atoms with E-state index in [-0.39, 0.29) is 18.7 Å². The largest absolute Gasteiger partial charge is 0.383 e. The predicted octanol–water partition coefficient (Wildman–Crippen LogP) is 1.39. The maximum Gasteiger partial charge on any atom is 0.243 e. The van der Waals surface area contributed by atoms with Crippen molar-refractivity contribution in [1.29, 1.82) is 0 Å². The summed E-state index contributed by atoms with van der Waals surface area (Å²) in [5, 5.41) is 2.77. The van der Waals surface area contributed by atoms with Gasteiger partial charge in [-0.1, -0.05) is 6.92 Å². The summed E-state index contributed by atoms with van der Waals surface area (Å²) in [7, 11) is -2.65. The fraction of sp³-hybridized carbons (Fsp3) is 0.538. The van der Waals surface area contributed by atoms with Gasteiger partial charge in [-0.2, -0.15) is 0 Å². The SMILES string of the molecule is CCNCc1c(F)ccc(S(=O)(=O)NC(C)COC)c1F. The number of hydrogen-bond donors (Lipinski definition) is 2. The number of rotatable bonds is 8. The van der Waals surface area contributed by atoms with Crippen LogP contribution in [-0.4, -0.2) is 34.7 Å². The smallest absolute Gasteiger partial charge is 0.243 e. The van der Waals surface area contributed by atoms with Crippen molar-refractivity contribution >= 4 is 10.0 Å². The zero-order valence-corrected chi connectivity index (χ0v) is 13.1. The molecule has 0 bridgehead atoms. The average molecular weight is 322 g/mol. The van der Waals surface area contributed by atoms with Gasteiger partial charge in [0.25, 0.3) is 0 Å². The van der Waals surface area contributed by atoms with Gasteiger partial charge in [0.1, 0.15) is 10.7 Å². The Morgan fingerprint density at radius 2 is 2.00 bits per heavy atom. The van der Waals surface area contributed by atoms with Crippen LogP contribution in [0.25, 0.3) is 0 Å². The molecular formula is C13H20F2N2O3S. The lowest BCUT2D eigenvalue weighted by Crippen LogP contribution is -2.36. The fourth-order valence-electron chi connectivity index (χ4n) is 1.81. The van der Waals surface area contributed by atoms with Crippen LogP contribution in [0.5, 0.6) is 0 Å². The van der Waals surface area contributed by atoms with Crippen molar-refractivity contribution < 1.29 is 21.9 Å². The Morgan fingerprint density at radius 3 is 2.57 bits per heavy atom. The maximum atomic E-state index is 14.3. The molecule has 0 saturated carbocycles. The Kier molecular flexibility index (Phi) is 6.66. The molecular weight excluding hydrogens is 302 g/mol. The zero-order chi connectivity index (χ0) is 16.0. The summed E-state index contributed by atoms with van der Waals surface area (Å²) in [6.07, 6.45) is 0. The first-order valence-corrected chi connectivity index (χ1v) is 8.00. The summed E-state index contributed by atoms with van der Waals surface area (Å²) >= 11 is 0. The van der Waals surface area contributed by atoms with Gasteiger partial charge in [-0.15, -0.1) is 0 Å². The summed E-state index contributed by atoms with van der Waals surface area (Å²) in [6, 6.07) is 1.34. The van der Waals surface area contributed by atoms with E-state index < -0.39 is 32.6 Å². The number of sulfonamides is 1. The Hall–Kier alpha value is -1.09. The van der Waals surface area contributed by atoms with E-state index in [9.17, 15) is 17.2 Å². The quantitative estimate of drug-likeness (QED) is 0.759. The van der Waals surface area contributed by atoms with Crippen LogP contribution in [0.4, 0.5) is 8.78 Å². The van der Waals surface area contributed by atoms with Gasteiger partial charge >= 0.3 is 0 Å². The number of halogens is 2. The van der Waals surface area contributed by atoms with E-state index in [1.807, 2.05) is 0 Å². The van der Waals surface area contributed by atoms with Crippen LogP contribution in [0.1, 0.15) is 19.4 Å². The molecule has 1 rings (SSSR count). The van der Waals surface area contributed by atoms with E-state index in [1.54, 1.807) is 13.8 Å². The monoisotopic (exact) mass is 322 g/mol. The standard InChI is InChI=1S/C13H20F2N2O3S/c1-4-16-7-10-11(14)5-6-12(13(10)15)21(18,19)17-9(2)8-20-3/h5-6,9,16-17H,4,7-8H2,1-3H3. The first-order chi connectivity index (χ1) is 9.83. The molecule has 0 heterocycles. The molecule has 0 fully saturated rings. The molecule has 1 aromatic rings. The highest BCUT2D eigenvalue weighted by molar-refractivity contribution is 7.89. The Bertz CT molecular complexity index is 579. The van der Waals surface area contributed by atoms with Crippen LogP contribution < -0.4 is 10.0 Å². The van der Waals surface area contributed by atoms with Crippen LogP contribution >= 0.6 is 0 Å². The highest BCUT2D eigenvalue weighted by atomic mass is 32.2. The van der Waals surface area contributed by atoms with Crippen LogP contribution in [0.15, 0.2) is 17.0 Å². The van der Waals surface area contributed by atoms with Gasteiger partial charge in [0.2, 0.25) is 10.0 Å². The minimum Gasteiger partial charge on any atom is -0.383 e. The molecule has 0 radical (unpaired) electrons. The molecule has 1 aromatic carbocycles. The second-order valence-electron chi connectivity index (χ2n) is 4.60. The van der Waals surface area contributed by atoms with Crippen molar-refractivity contribution in [2.75, 3.05) is 20.3 Å². The van der Waals surface area contributed by atoms with E-state index in [1.165, 1.54) is 7.11 Å². The molecule has 0 spiro atoms. The van der Waals surface area contributed by atoms with Crippen molar-refractivity contribution in [2.45, 2.75) is 31.3 Å². The molecule has 0 aliphatic heterocycles. The third-order valence-corrected chi connectivity index (χ3v) is 4.37. The highest BCUT2D eigenvalue weighted by Gasteiger charge is 2.24. The van der Waals surface area contributed by atoms with Crippen LogP contribution in [-0.2, 0) is 21.3 Å². The first kappa shape index (κ1) is 18.0. The molecule has 0 aromatic heterocycles. The predicted molar refractivity (Wildman–Crippen MR) is 75.4 cm³/mol. The van der Waals surface area contributed by atoms with Crippen molar-refractivity contribution in [3.05, 3.63) is 29.3 Å². The number of nitrogens with one attached hydrogen (secondary N) is 2. The number of hydrogen-bond acceptors (Lipinski definition) is 4. The van der Waals surface area contributed by atoms with Gasteiger partial charge in [-0.3, -0.25) is 0 Å². The molecule has 5 nitrogen and oxygen atoms in total. The summed E-state index contributed by atoms with van der Waals surface area (Å²) in [6.45, 7) is 3.95. The summed E-state index contributed by atoms with van der Waals surface area (Å²) in [4.78, 5) is -0.570. The van der Waals surface area contributed by atoms with Gasteiger partial charge in [0.15, 0.2) is 5.82 Å². The molecule has 2 N–H and O–H groups in total. The number of benzene rings is 1. The van der Waals surface area contributed by atoms with Crippen LogP contribution in [0, 0.1) is 11.6 Å². The molecule has 0 aliphatic carbocycles. The topological polar surface area (TPSA) is 67.4 Å². The lowest BCUT2D eigenvalue weighted by atomic mass is 10.2. The third kappa shape index (κ3) is 4.70. The number of methoxy groups -OCH3 is 1. The average Bonchev–Trinajstić information content (AvgIpc) is 2.37. The van der Waals surface area contributed by atoms with E-state index in [4.69, 9.17) is 4.74 Å². The van der Waals surface area contributed by atoms with Crippen molar-refractivity contribution in [1.82, 2.24) is 10.0 Å².